The molecule has 0 saturated carbocycles. The lowest BCUT2D eigenvalue weighted by atomic mass is 9.93. The van der Waals surface area contributed by atoms with Gasteiger partial charge >= 0.3 is 5.76 Å². The van der Waals surface area contributed by atoms with Crippen molar-refractivity contribution in [3.8, 4) is 0 Å². The Balaban J connectivity index is 2.20. The predicted octanol–water partition coefficient (Wildman–Crippen LogP) is 4.93. The van der Waals surface area contributed by atoms with E-state index in [4.69, 9.17) is 0 Å². The lowest BCUT2D eigenvalue weighted by molar-refractivity contribution is 0.0925. The first kappa shape index (κ1) is 22.0. The molecule has 1 unspecified atom stereocenters. The number of carbonyl (C=O) groups is 1. The first-order valence-electron chi connectivity index (χ1n) is 9.07. The van der Waals surface area contributed by atoms with Crippen LogP contribution in [0, 0.1) is 5.92 Å². The number of hydrogen-bond acceptors (Lipinski definition) is 3. The summed E-state index contributed by atoms with van der Waals surface area (Å²) >= 11 is 0. The first-order chi connectivity index (χ1) is 13.0. The molecular formula is C21H25F2NO3S. The van der Waals surface area contributed by atoms with E-state index in [-0.39, 0.29) is 17.5 Å². The van der Waals surface area contributed by atoms with E-state index in [0.717, 1.165) is 17.7 Å². The van der Waals surface area contributed by atoms with Crippen molar-refractivity contribution in [3.05, 3.63) is 65.2 Å². The lowest BCUT2D eigenvalue weighted by Crippen LogP contribution is -2.31. The standard InChI is InChI=1S/C21H25F2NO3S/c1-13(2)15-5-7-16(8-6-15)19(14(3)4)24-20(25)17-9-11-18(12-10-17)28(26,27)21(22)23/h5-14,19,21H,1-4H3,(H,24,25). The number of amides is 1. The van der Waals surface area contributed by atoms with Crippen LogP contribution in [0.2, 0.25) is 0 Å². The molecule has 1 N–H and O–H groups in total. The Bertz CT molecular complexity index is 906. The Hall–Kier alpha value is -2.28. The van der Waals surface area contributed by atoms with E-state index in [2.05, 4.69) is 19.2 Å². The number of carbonyl (C=O) groups excluding carboxylic acids is 1. The Morgan fingerprint density at radius 1 is 0.857 bits per heavy atom. The number of benzene rings is 2. The van der Waals surface area contributed by atoms with Crippen LogP contribution in [-0.4, -0.2) is 20.1 Å². The molecule has 2 aromatic rings. The molecule has 0 aliphatic rings. The highest BCUT2D eigenvalue weighted by atomic mass is 32.2. The molecule has 1 atom stereocenters. The minimum absolute atomic E-state index is 0.118. The van der Waals surface area contributed by atoms with Crippen LogP contribution in [0.1, 0.15) is 61.1 Å². The van der Waals surface area contributed by atoms with Gasteiger partial charge in [-0.3, -0.25) is 4.79 Å². The quantitative estimate of drug-likeness (QED) is 0.705. The zero-order valence-electron chi connectivity index (χ0n) is 16.3. The number of hydrogen-bond donors (Lipinski definition) is 1. The average molecular weight is 409 g/mol. The predicted molar refractivity (Wildman–Crippen MR) is 105 cm³/mol. The maximum atomic E-state index is 12.6. The van der Waals surface area contributed by atoms with E-state index in [1.807, 2.05) is 38.1 Å². The molecule has 0 bridgehead atoms. The summed E-state index contributed by atoms with van der Waals surface area (Å²) in [5, 5.41) is 2.94. The molecule has 0 aliphatic carbocycles. The minimum atomic E-state index is -4.68. The number of halogens is 2. The Morgan fingerprint density at radius 3 is 1.79 bits per heavy atom. The van der Waals surface area contributed by atoms with Crippen LogP contribution >= 0.6 is 0 Å². The summed E-state index contributed by atoms with van der Waals surface area (Å²) in [6.45, 7) is 8.18. The van der Waals surface area contributed by atoms with Crippen LogP contribution in [0.15, 0.2) is 53.4 Å². The van der Waals surface area contributed by atoms with Crippen molar-refractivity contribution in [3.63, 3.8) is 0 Å². The van der Waals surface area contributed by atoms with E-state index in [0.29, 0.717) is 5.92 Å². The Labute approximate surface area is 164 Å². The molecular weight excluding hydrogens is 384 g/mol. The minimum Gasteiger partial charge on any atom is -0.345 e. The van der Waals surface area contributed by atoms with Crippen molar-refractivity contribution in [1.29, 1.82) is 0 Å². The smallest absolute Gasteiger partial charge is 0.341 e. The van der Waals surface area contributed by atoms with Crippen molar-refractivity contribution >= 4 is 15.7 Å². The summed E-state index contributed by atoms with van der Waals surface area (Å²) in [6.07, 6.45) is 0. The number of alkyl halides is 2. The molecule has 0 aliphatic heterocycles. The Morgan fingerprint density at radius 2 is 1.36 bits per heavy atom. The van der Waals surface area contributed by atoms with Crippen molar-refractivity contribution in [1.82, 2.24) is 5.32 Å². The lowest BCUT2D eigenvalue weighted by Gasteiger charge is -2.23. The van der Waals surface area contributed by atoms with Crippen LogP contribution < -0.4 is 5.32 Å². The molecule has 28 heavy (non-hydrogen) atoms. The number of nitrogens with one attached hydrogen (secondary N) is 1. The second-order valence-electron chi connectivity index (χ2n) is 7.35. The summed E-state index contributed by atoms with van der Waals surface area (Å²) in [7, 11) is -4.68. The monoisotopic (exact) mass is 409 g/mol. The topological polar surface area (TPSA) is 63.2 Å². The van der Waals surface area contributed by atoms with Gasteiger partial charge in [-0.05, 0) is 47.2 Å². The van der Waals surface area contributed by atoms with Crippen molar-refractivity contribution < 1.29 is 22.0 Å². The third-order valence-corrected chi connectivity index (χ3v) is 5.99. The Kier molecular flexibility index (Phi) is 6.93. The molecule has 0 fully saturated rings. The maximum absolute atomic E-state index is 12.6. The summed E-state index contributed by atoms with van der Waals surface area (Å²) in [5.74, 6) is -3.37. The maximum Gasteiger partial charge on any atom is 0.341 e. The van der Waals surface area contributed by atoms with E-state index < -0.39 is 26.4 Å². The second-order valence-corrected chi connectivity index (χ2v) is 9.26. The number of sulfone groups is 1. The molecule has 2 aromatic carbocycles. The van der Waals surface area contributed by atoms with E-state index in [9.17, 15) is 22.0 Å². The van der Waals surface area contributed by atoms with Crippen molar-refractivity contribution in [2.24, 2.45) is 5.92 Å². The third-order valence-electron chi connectivity index (χ3n) is 4.60. The van der Waals surface area contributed by atoms with E-state index >= 15 is 0 Å². The highest BCUT2D eigenvalue weighted by Crippen LogP contribution is 2.25. The summed E-state index contributed by atoms with van der Waals surface area (Å²) < 4.78 is 48.2. The molecule has 152 valence electrons. The fourth-order valence-electron chi connectivity index (χ4n) is 2.85. The van der Waals surface area contributed by atoms with Crippen LogP contribution in [0.25, 0.3) is 0 Å². The van der Waals surface area contributed by atoms with Gasteiger partial charge in [0.25, 0.3) is 5.91 Å². The molecule has 0 radical (unpaired) electrons. The van der Waals surface area contributed by atoms with Gasteiger partial charge < -0.3 is 5.32 Å². The highest BCUT2D eigenvalue weighted by molar-refractivity contribution is 7.91. The largest absolute Gasteiger partial charge is 0.345 e. The normalized spacial score (nSPS) is 13.2. The molecule has 0 heterocycles. The molecule has 0 aromatic heterocycles. The van der Waals surface area contributed by atoms with Crippen LogP contribution in [-0.2, 0) is 9.84 Å². The first-order valence-corrected chi connectivity index (χ1v) is 10.6. The molecule has 0 spiro atoms. The van der Waals surface area contributed by atoms with Gasteiger partial charge in [-0.15, -0.1) is 0 Å². The fourth-order valence-corrected chi connectivity index (χ4v) is 3.57. The van der Waals surface area contributed by atoms with Crippen LogP contribution in [0.5, 0.6) is 0 Å². The van der Waals surface area contributed by atoms with Crippen molar-refractivity contribution in [2.75, 3.05) is 0 Å². The van der Waals surface area contributed by atoms with E-state index in [1.165, 1.54) is 17.7 Å². The van der Waals surface area contributed by atoms with E-state index in [1.54, 1.807) is 0 Å². The van der Waals surface area contributed by atoms with Crippen molar-refractivity contribution in [2.45, 2.75) is 50.3 Å². The van der Waals surface area contributed by atoms with Crippen LogP contribution in [0.3, 0.4) is 0 Å². The van der Waals surface area contributed by atoms with Gasteiger partial charge in [0.2, 0.25) is 9.84 Å². The van der Waals surface area contributed by atoms with Gasteiger partial charge in [-0.1, -0.05) is 52.0 Å². The summed E-state index contributed by atoms with van der Waals surface area (Å²) in [5.41, 5.74) is 2.37. The summed E-state index contributed by atoms with van der Waals surface area (Å²) in [4.78, 5) is 12.1. The van der Waals surface area contributed by atoms with Gasteiger partial charge in [-0.25, -0.2) is 8.42 Å². The second kappa shape index (κ2) is 8.82. The van der Waals surface area contributed by atoms with Gasteiger partial charge in [0.1, 0.15) is 0 Å². The van der Waals surface area contributed by atoms with Gasteiger partial charge in [0.05, 0.1) is 10.9 Å². The molecule has 4 nitrogen and oxygen atoms in total. The van der Waals surface area contributed by atoms with Gasteiger partial charge in [0, 0.05) is 5.56 Å². The third kappa shape index (κ3) is 4.95. The molecule has 7 heteroatoms. The molecule has 0 saturated heterocycles. The van der Waals surface area contributed by atoms with Gasteiger partial charge in [-0.2, -0.15) is 8.78 Å². The fraction of sp³-hybridized carbons (Fsp3) is 0.381. The molecule has 1 amide bonds. The van der Waals surface area contributed by atoms with Crippen LogP contribution in [0.4, 0.5) is 8.78 Å². The zero-order chi connectivity index (χ0) is 21.1. The average Bonchev–Trinajstić information content (AvgIpc) is 2.65. The highest BCUT2D eigenvalue weighted by Gasteiger charge is 2.27. The molecule has 2 rings (SSSR count). The SMILES string of the molecule is CC(C)c1ccc(C(NC(=O)c2ccc(S(=O)(=O)C(F)F)cc2)C(C)C)cc1. The number of rotatable bonds is 7. The van der Waals surface area contributed by atoms with Gasteiger partial charge in [0.15, 0.2) is 0 Å². The summed E-state index contributed by atoms with van der Waals surface area (Å²) in [6, 6.07) is 12.3. The zero-order valence-corrected chi connectivity index (χ0v) is 17.1.